The molecular weight excluding hydrogens is 435 g/mol. The molecule has 170 valence electrons. The van der Waals surface area contributed by atoms with Crippen LogP contribution < -0.4 is 15.4 Å². The molecular formula is C22H19F5N2O3. The average Bonchev–Trinajstić information content (AvgIpc) is 3.14. The van der Waals surface area contributed by atoms with Crippen molar-refractivity contribution in [3.8, 4) is 5.75 Å². The van der Waals surface area contributed by atoms with Gasteiger partial charge in [-0.1, -0.05) is 18.2 Å². The Balaban J connectivity index is 1.64. The monoisotopic (exact) mass is 454 g/mol. The molecule has 32 heavy (non-hydrogen) atoms. The molecule has 0 saturated carbocycles. The van der Waals surface area contributed by atoms with E-state index >= 15 is 0 Å². The van der Waals surface area contributed by atoms with E-state index in [9.17, 15) is 26.7 Å². The molecule has 1 fully saturated rings. The Morgan fingerprint density at radius 3 is 2.75 bits per heavy atom. The maximum atomic E-state index is 14.1. The second kappa shape index (κ2) is 8.78. The van der Waals surface area contributed by atoms with Crippen molar-refractivity contribution in [1.29, 1.82) is 0 Å². The lowest BCUT2D eigenvalue weighted by atomic mass is 10.0. The third kappa shape index (κ3) is 4.40. The summed E-state index contributed by atoms with van der Waals surface area (Å²) < 4.78 is 79.8. The third-order valence-electron chi connectivity index (χ3n) is 5.25. The number of benzene rings is 2. The maximum absolute atomic E-state index is 14.1. The molecule has 0 spiro atoms. The van der Waals surface area contributed by atoms with Crippen LogP contribution >= 0.6 is 0 Å². The van der Waals surface area contributed by atoms with Crippen LogP contribution in [0.5, 0.6) is 5.75 Å². The zero-order valence-corrected chi connectivity index (χ0v) is 16.6. The highest BCUT2D eigenvalue weighted by Crippen LogP contribution is 2.35. The summed E-state index contributed by atoms with van der Waals surface area (Å²) in [7, 11) is 0. The summed E-state index contributed by atoms with van der Waals surface area (Å²) in [6.45, 7) is -0.511. The van der Waals surface area contributed by atoms with Gasteiger partial charge < -0.3 is 19.8 Å². The first-order valence-electron chi connectivity index (χ1n) is 9.86. The lowest BCUT2D eigenvalue weighted by Crippen LogP contribution is -2.57. The predicted molar refractivity (Wildman–Crippen MR) is 106 cm³/mol. The number of carbonyl (C=O) groups is 1. The van der Waals surface area contributed by atoms with E-state index < -0.39 is 48.0 Å². The minimum atomic E-state index is -3.23. The van der Waals surface area contributed by atoms with Gasteiger partial charge in [-0.05, 0) is 37.2 Å². The van der Waals surface area contributed by atoms with Crippen LogP contribution in [0.25, 0.3) is 11.0 Å². The molecule has 1 aliphatic heterocycles. The number of rotatable bonds is 6. The van der Waals surface area contributed by atoms with E-state index in [0.29, 0.717) is 0 Å². The number of ether oxygens (including phenoxy) is 1. The third-order valence-corrected chi connectivity index (χ3v) is 5.25. The largest absolute Gasteiger partial charge is 0.489 e. The van der Waals surface area contributed by atoms with Gasteiger partial charge in [-0.2, -0.15) is 0 Å². The smallest absolute Gasteiger partial charge is 0.296 e. The summed E-state index contributed by atoms with van der Waals surface area (Å²) in [6, 6.07) is 8.49. The van der Waals surface area contributed by atoms with Crippen LogP contribution in [0.2, 0.25) is 0 Å². The molecule has 1 atom stereocenters. The van der Waals surface area contributed by atoms with E-state index in [4.69, 9.17) is 9.15 Å². The molecule has 1 aliphatic rings. The van der Waals surface area contributed by atoms with Gasteiger partial charge in [0.2, 0.25) is 0 Å². The molecule has 3 aromatic rings. The number of furan rings is 1. The van der Waals surface area contributed by atoms with Crippen molar-refractivity contribution in [3.63, 3.8) is 0 Å². The number of alkyl halides is 4. The van der Waals surface area contributed by atoms with Crippen molar-refractivity contribution < 1.29 is 35.9 Å². The van der Waals surface area contributed by atoms with Gasteiger partial charge in [-0.25, -0.2) is 22.0 Å². The van der Waals surface area contributed by atoms with Crippen LogP contribution in [0.3, 0.4) is 0 Å². The number of halogens is 5. The Kier molecular flexibility index (Phi) is 6.05. The predicted octanol–water partition coefficient (Wildman–Crippen LogP) is 4.82. The van der Waals surface area contributed by atoms with Gasteiger partial charge in [-0.15, -0.1) is 0 Å². The average molecular weight is 454 g/mol. The zero-order valence-electron chi connectivity index (χ0n) is 16.6. The van der Waals surface area contributed by atoms with E-state index in [2.05, 4.69) is 10.6 Å². The van der Waals surface area contributed by atoms with Gasteiger partial charge in [-0.3, -0.25) is 4.79 Å². The van der Waals surface area contributed by atoms with Crippen molar-refractivity contribution in [2.24, 2.45) is 0 Å². The number of nitrogens with one attached hydrogen (secondary N) is 2. The van der Waals surface area contributed by atoms with Gasteiger partial charge >= 0.3 is 0 Å². The fraction of sp³-hybridized carbons (Fsp3) is 0.318. The summed E-state index contributed by atoms with van der Waals surface area (Å²) in [5, 5.41) is 4.69. The Morgan fingerprint density at radius 2 is 2.03 bits per heavy atom. The topological polar surface area (TPSA) is 63.5 Å². The highest BCUT2D eigenvalue weighted by atomic mass is 19.3. The van der Waals surface area contributed by atoms with Crippen molar-refractivity contribution in [2.45, 2.75) is 31.4 Å². The van der Waals surface area contributed by atoms with Crippen LogP contribution in [-0.4, -0.2) is 31.0 Å². The minimum absolute atomic E-state index is 0.0129. The Labute approximate surface area is 179 Å². The van der Waals surface area contributed by atoms with Crippen molar-refractivity contribution in [3.05, 3.63) is 65.2 Å². The Hall–Kier alpha value is -3.14. The number of piperidine rings is 1. The molecule has 1 aromatic heterocycles. The SMILES string of the molecule is O=C(NC1CCNCC1(F)F)c1c(C(F)F)oc2ccc(OCc3ccccc3F)cc12. The molecule has 2 N–H and O–H groups in total. The molecule has 2 aromatic carbocycles. The summed E-state index contributed by atoms with van der Waals surface area (Å²) in [5.74, 6) is -5.53. The molecule has 0 radical (unpaired) electrons. The number of hydrogen-bond donors (Lipinski definition) is 2. The van der Waals surface area contributed by atoms with Crippen LogP contribution in [0, 0.1) is 5.82 Å². The fourth-order valence-corrected chi connectivity index (χ4v) is 3.59. The first-order valence-corrected chi connectivity index (χ1v) is 9.86. The second-order valence-electron chi connectivity index (χ2n) is 7.43. The molecule has 1 unspecified atom stereocenters. The fourth-order valence-electron chi connectivity index (χ4n) is 3.59. The highest BCUT2D eigenvalue weighted by molar-refractivity contribution is 6.07. The summed E-state index contributed by atoms with van der Waals surface area (Å²) in [4.78, 5) is 12.8. The van der Waals surface area contributed by atoms with Gasteiger partial charge in [0.05, 0.1) is 18.2 Å². The first-order chi connectivity index (χ1) is 15.3. The van der Waals surface area contributed by atoms with Gasteiger partial charge in [0.25, 0.3) is 18.3 Å². The Morgan fingerprint density at radius 1 is 1.25 bits per heavy atom. The van der Waals surface area contributed by atoms with E-state index in [0.717, 1.165) is 0 Å². The highest BCUT2D eigenvalue weighted by Gasteiger charge is 2.43. The lowest BCUT2D eigenvalue weighted by molar-refractivity contribution is -0.0488. The molecule has 4 rings (SSSR count). The molecule has 1 saturated heterocycles. The van der Waals surface area contributed by atoms with E-state index in [1.54, 1.807) is 6.07 Å². The lowest BCUT2D eigenvalue weighted by Gasteiger charge is -2.32. The van der Waals surface area contributed by atoms with Crippen LogP contribution in [0.1, 0.15) is 34.5 Å². The minimum Gasteiger partial charge on any atom is -0.489 e. The summed E-state index contributed by atoms with van der Waals surface area (Å²) in [6.07, 6.45) is -3.20. The van der Waals surface area contributed by atoms with E-state index in [1.165, 1.54) is 36.4 Å². The second-order valence-corrected chi connectivity index (χ2v) is 7.43. The number of amides is 1. The maximum Gasteiger partial charge on any atom is 0.296 e. The van der Waals surface area contributed by atoms with Crippen LogP contribution in [0.4, 0.5) is 22.0 Å². The van der Waals surface area contributed by atoms with Crippen LogP contribution in [-0.2, 0) is 6.61 Å². The normalized spacial score (nSPS) is 18.1. The van der Waals surface area contributed by atoms with Gasteiger partial charge in [0, 0.05) is 10.9 Å². The number of carbonyl (C=O) groups excluding carboxylic acids is 1. The summed E-state index contributed by atoms with van der Waals surface area (Å²) in [5.41, 5.74) is -0.277. The number of fused-ring (bicyclic) bond motifs is 1. The standard InChI is InChI=1S/C22H19F5N2O3/c23-15-4-2-1-3-12(15)10-31-13-5-6-16-14(9-13)18(19(32-16)20(24)25)21(30)29-17-7-8-28-11-22(17,26)27/h1-6,9,17,20,28H,7-8,10-11H2,(H,29,30). The quantitative estimate of drug-likeness (QED) is 0.525. The van der Waals surface area contributed by atoms with Crippen molar-refractivity contribution in [2.75, 3.05) is 13.1 Å². The zero-order chi connectivity index (χ0) is 22.9. The molecule has 0 aliphatic carbocycles. The molecule has 2 heterocycles. The van der Waals surface area contributed by atoms with Gasteiger partial charge in [0.15, 0.2) is 5.76 Å². The number of hydrogen-bond acceptors (Lipinski definition) is 4. The Bertz CT molecular complexity index is 1130. The van der Waals surface area contributed by atoms with Crippen molar-refractivity contribution >= 4 is 16.9 Å². The first kappa shape index (κ1) is 22.1. The van der Waals surface area contributed by atoms with Crippen LogP contribution in [0.15, 0.2) is 46.9 Å². The summed E-state index contributed by atoms with van der Waals surface area (Å²) >= 11 is 0. The van der Waals surface area contributed by atoms with E-state index in [1.807, 2.05) is 0 Å². The van der Waals surface area contributed by atoms with E-state index in [-0.39, 0.29) is 41.9 Å². The molecule has 0 bridgehead atoms. The van der Waals surface area contributed by atoms with Gasteiger partial charge in [0.1, 0.15) is 23.8 Å². The molecule has 1 amide bonds. The molecule has 5 nitrogen and oxygen atoms in total. The molecule has 10 heteroatoms. The van der Waals surface area contributed by atoms with Crippen molar-refractivity contribution in [1.82, 2.24) is 10.6 Å².